The highest BCUT2D eigenvalue weighted by molar-refractivity contribution is 5.87. The molecule has 3 N–H and O–H groups in total. The summed E-state index contributed by atoms with van der Waals surface area (Å²) in [5.41, 5.74) is 6.92. The van der Waals surface area contributed by atoms with Crippen LogP contribution in [0, 0.1) is 0 Å². The van der Waals surface area contributed by atoms with E-state index >= 15 is 0 Å². The molecule has 0 aliphatic carbocycles. The van der Waals surface area contributed by atoms with Crippen molar-refractivity contribution in [3.8, 4) is 0 Å². The highest BCUT2D eigenvalue weighted by atomic mass is 16.5. The van der Waals surface area contributed by atoms with Gasteiger partial charge in [0.15, 0.2) is 0 Å². The highest BCUT2D eigenvalue weighted by Gasteiger charge is 2.20. The van der Waals surface area contributed by atoms with Gasteiger partial charge in [-0.2, -0.15) is 0 Å². The van der Waals surface area contributed by atoms with Crippen LogP contribution in [0.15, 0.2) is 30.3 Å². The van der Waals surface area contributed by atoms with Crippen molar-refractivity contribution in [3.05, 3.63) is 35.9 Å². The molecule has 104 valence electrons. The van der Waals surface area contributed by atoms with Gasteiger partial charge in [-0.05, 0) is 25.3 Å². The number of benzene rings is 1. The quantitative estimate of drug-likeness (QED) is 0.738. The Morgan fingerprint density at radius 3 is 2.53 bits per heavy atom. The molecule has 0 aliphatic rings. The van der Waals surface area contributed by atoms with Crippen LogP contribution in [-0.4, -0.2) is 31.1 Å². The van der Waals surface area contributed by atoms with Crippen LogP contribution in [-0.2, 0) is 20.7 Å². The molecule has 19 heavy (non-hydrogen) atoms. The van der Waals surface area contributed by atoms with Gasteiger partial charge in [-0.3, -0.25) is 4.79 Å². The second-order valence-electron chi connectivity index (χ2n) is 4.38. The second kappa shape index (κ2) is 7.53. The standard InChI is InChI=1S/C14H20N2O3/c1-10(14(18)19-2)16-13(17)12(15)9-8-11-6-4-3-5-7-11/h3-7,10,12H,8-9,15H2,1-2H3,(H,16,17)/t10-,12+/m0/s1. The number of nitrogens with two attached hydrogens (primary N) is 1. The summed E-state index contributed by atoms with van der Waals surface area (Å²) >= 11 is 0. The first-order valence-corrected chi connectivity index (χ1v) is 6.22. The summed E-state index contributed by atoms with van der Waals surface area (Å²) in [7, 11) is 1.28. The van der Waals surface area contributed by atoms with Crippen LogP contribution in [0.2, 0.25) is 0 Å². The van der Waals surface area contributed by atoms with E-state index in [-0.39, 0.29) is 5.91 Å². The number of esters is 1. The summed E-state index contributed by atoms with van der Waals surface area (Å²) < 4.78 is 4.53. The Labute approximate surface area is 113 Å². The lowest BCUT2D eigenvalue weighted by molar-refractivity contribution is -0.144. The molecule has 5 nitrogen and oxygen atoms in total. The summed E-state index contributed by atoms with van der Waals surface area (Å²) in [6.07, 6.45) is 1.26. The first-order chi connectivity index (χ1) is 9.04. The average molecular weight is 264 g/mol. The van der Waals surface area contributed by atoms with Crippen molar-refractivity contribution >= 4 is 11.9 Å². The van der Waals surface area contributed by atoms with Crippen molar-refractivity contribution in [1.29, 1.82) is 0 Å². The van der Waals surface area contributed by atoms with Gasteiger partial charge < -0.3 is 15.8 Å². The van der Waals surface area contributed by atoms with E-state index in [0.717, 1.165) is 12.0 Å². The molecule has 1 amide bonds. The molecule has 1 rings (SSSR count). The van der Waals surface area contributed by atoms with Gasteiger partial charge in [0.25, 0.3) is 0 Å². The van der Waals surface area contributed by atoms with E-state index in [2.05, 4.69) is 10.1 Å². The molecule has 0 fully saturated rings. The number of ether oxygens (including phenoxy) is 1. The molecule has 1 aromatic carbocycles. The first-order valence-electron chi connectivity index (χ1n) is 6.22. The second-order valence-corrected chi connectivity index (χ2v) is 4.38. The number of methoxy groups -OCH3 is 1. The average Bonchev–Trinajstić information content (AvgIpc) is 2.44. The Hall–Kier alpha value is -1.88. The van der Waals surface area contributed by atoms with Crippen LogP contribution in [0.5, 0.6) is 0 Å². The fourth-order valence-electron chi connectivity index (χ4n) is 1.65. The molecule has 0 heterocycles. The van der Waals surface area contributed by atoms with Gasteiger partial charge in [-0.15, -0.1) is 0 Å². The Morgan fingerprint density at radius 2 is 1.95 bits per heavy atom. The molecule has 0 bridgehead atoms. The Kier molecular flexibility index (Phi) is 6.02. The van der Waals surface area contributed by atoms with Crippen molar-refractivity contribution in [2.45, 2.75) is 31.8 Å². The topological polar surface area (TPSA) is 81.4 Å². The molecule has 0 aromatic heterocycles. The maximum absolute atomic E-state index is 11.8. The number of carbonyl (C=O) groups is 2. The molecular formula is C14H20N2O3. The zero-order valence-electron chi connectivity index (χ0n) is 11.3. The van der Waals surface area contributed by atoms with E-state index in [1.807, 2.05) is 30.3 Å². The van der Waals surface area contributed by atoms with Gasteiger partial charge in [0, 0.05) is 0 Å². The summed E-state index contributed by atoms with van der Waals surface area (Å²) in [6, 6.07) is 8.49. The van der Waals surface area contributed by atoms with E-state index in [9.17, 15) is 9.59 Å². The zero-order chi connectivity index (χ0) is 14.3. The number of carbonyl (C=O) groups excluding carboxylic acids is 2. The van der Waals surface area contributed by atoms with Crippen LogP contribution in [0.4, 0.5) is 0 Å². The number of aryl methyl sites for hydroxylation is 1. The number of rotatable bonds is 6. The van der Waals surface area contributed by atoms with E-state index in [1.165, 1.54) is 7.11 Å². The van der Waals surface area contributed by atoms with Gasteiger partial charge in [0.05, 0.1) is 13.2 Å². The monoisotopic (exact) mass is 264 g/mol. The van der Waals surface area contributed by atoms with E-state index in [1.54, 1.807) is 6.92 Å². The minimum Gasteiger partial charge on any atom is -0.467 e. The summed E-state index contributed by atoms with van der Waals surface area (Å²) in [5.74, 6) is -0.822. The minimum atomic E-state index is -0.680. The molecule has 5 heteroatoms. The molecule has 0 saturated heterocycles. The Morgan fingerprint density at radius 1 is 1.32 bits per heavy atom. The molecule has 0 spiro atoms. The third-order valence-corrected chi connectivity index (χ3v) is 2.84. The number of hydrogen-bond donors (Lipinski definition) is 2. The molecule has 1 aromatic rings. The van der Waals surface area contributed by atoms with Gasteiger partial charge in [0.2, 0.25) is 5.91 Å². The predicted molar refractivity (Wildman–Crippen MR) is 72.4 cm³/mol. The van der Waals surface area contributed by atoms with E-state index in [0.29, 0.717) is 6.42 Å². The number of hydrogen-bond acceptors (Lipinski definition) is 4. The first kappa shape index (κ1) is 15.2. The van der Waals surface area contributed by atoms with Crippen molar-refractivity contribution in [2.75, 3.05) is 7.11 Å². The molecule has 0 saturated carbocycles. The lowest BCUT2D eigenvalue weighted by Gasteiger charge is -2.15. The number of amides is 1. The fourth-order valence-corrected chi connectivity index (χ4v) is 1.65. The predicted octanol–water partition coefficient (Wildman–Crippen LogP) is 0.624. The lowest BCUT2D eigenvalue weighted by Crippen LogP contribution is -2.47. The summed E-state index contributed by atoms with van der Waals surface area (Å²) in [4.78, 5) is 22.9. The maximum Gasteiger partial charge on any atom is 0.328 e. The Balaban J connectivity index is 2.39. The Bertz CT molecular complexity index is 420. The lowest BCUT2D eigenvalue weighted by atomic mass is 10.1. The van der Waals surface area contributed by atoms with Crippen molar-refractivity contribution in [1.82, 2.24) is 5.32 Å². The third-order valence-electron chi connectivity index (χ3n) is 2.84. The molecule has 0 aliphatic heterocycles. The van der Waals surface area contributed by atoms with Crippen LogP contribution in [0.25, 0.3) is 0 Å². The normalized spacial score (nSPS) is 13.4. The fraction of sp³-hybridized carbons (Fsp3) is 0.429. The summed E-state index contributed by atoms with van der Waals surface area (Å²) in [6.45, 7) is 1.56. The van der Waals surface area contributed by atoms with E-state index < -0.39 is 18.1 Å². The van der Waals surface area contributed by atoms with Crippen molar-refractivity contribution in [2.24, 2.45) is 5.73 Å². The smallest absolute Gasteiger partial charge is 0.328 e. The van der Waals surface area contributed by atoms with Crippen LogP contribution in [0.1, 0.15) is 18.9 Å². The van der Waals surface area contributed by atoms with Crippen LogP contribution >= 0.6 is 0 Å². The maximum atomic E-state index is 11.8. The number of nitrogens with one attached hydrogen (secondary N) is 1. The third kappa shape index (κ3) is 5.09. The van der Waals surface area contributed by atoms with Gasteiger partial charge in [0.1, 0.15) is 6.04 Å². The zero-order valence-corrected chi connectivity index (χ0v) is 11.3. The van der Waals surface area contributed by atoms with Gasteiger partial charge in [-0.25, -0.2) is 4.79 Å². The van der Waals surface area contributed by atoms with Crippen molar-refractivity contribution < 1.29 is 14.3 Å². The van der Waals surface area contributed by atoms with Gasteiger partial charge in [-0.1, -0.05) is 30.3 Å². The van der Waals surface area contributed by atoms with E-state index in [4.69, 9.17) is 5.73 Å². The summed E-state index contributed by atoms with van der Waals surface area (Å²) in [5, 5.41) is 2.53. The highest BCUT2D eigenvalue weighted by Crippen LogP contribution is 2.04. The molecule has 0 unspecified atom stereocenters. The van der Waals surface area contributed by atoms with Crippen LogP contribution < -0.4 is 11.1 Å². The van der Waals surface area contributed by atoms with Gasteiger partial charge >= 0.3 is 5.97 Å². The molecule has 2 atom stereocenters. The van der Waals surface area contributed by atoms with Crippen LogP contribution in [0.3, 0.4) is 0 Å². The minimum absolute atomic E-state index is 0.339. The molecule has 0 radical (unpaired) electrons. The largest absolute Gasteiger partial charge is 0.467 e. The molecular weight excluding hydrogens is 244 g/mol. The SMILES string of the molecule is COC(=O)[C@H](C)NC(=O)[C@H](N)CCc1ccccc1. The van der Waals surface area contributed by atoms with Crippen molar-refractivity contribution in [3.63, 3.8) is 0 Å².